The average molecular weight is 457 g/mol. The maximum absolute atomic E-state index is 12.0. The normalized spacial score (nSPS) is 15.3. The Bertz CT molecular complexity index is 1280. The van der Waals surface area contributed by atoms with Crippen molar-refractivity contribution in [3.8, 4) is 12.3 Å². The number of nitrogens with zero attached hydrogens (tertiary/aromatic N) is 5. The number of piperidine rings is 1. The lowest BCUT2D eigenvalue weighted by molar-refractivity contribution is -0.127. The number of nitrogens with two attached hydrogens (primary N) is 1. The Labute approximate surface area is 196 Å². The highest BCUT2D eigenvalue weighted by atomic mass is 16.2. The zero-order chi connectivity index (χ0) is 24.1. The summed E-state index contributed by atoms with van der Waals surface area (Å²) >= 11 is 0. The second-order valence-electron chi connectivity index (χ2n) is 7.75. The minimum absolute atomic E-state index is 0.0591. The Kier molecular flexibility index (Phi) is 6.54. The Morgan fingerprint density at radius 3 is 2.85 bits per heavy atom. The minimum atomic E-state index is -0.670. The first kappa shape index (κ1) is 22.5. The van der Waals surface area contributed by atoms with Crippen molar-refractivity contribution < 1.29 is 9.59 Å². The van der Waals surface area contributed by atoms with Gasteiger partial charge in [0.05, 0.1) is 23.6 Å². The second-order valence-corrected chi connectivity index (χ2v) is 7.75. The summed E-state index contributed by atoms with van der Waals surface area (Å²) in [7, 11) is 0. The summed E-state index contributed by atoms with van der Waals surface area (Å²) in [5.74, 6) is 2.31. The van der Waals surface area contributed by atoms with Gasteiger partial charge in [0.25, 0.3) is 5.91 Å². The van der Waals surface area contributed by atoms with Crippen LogP contribution in [-0.2, 0) is 4.79 Å². The monoisotopic (exact) mass is 456 g/mol. The van der Waals surface area contributed by atoms with Gasteiger partial charge < -0.3 is 21.3 Å². The second kappa shape index (κ2) is 9.87. The van der Waals surface area contributed by atoms with E-state index in [9.17, 15) is 9.59 Å². The van der Waals surface area contributed by atoms with E-state index in [1.54, 1.807) is 23.2 Å². The predicted octanol–water partition coefficient (Wildman–Crippen LogP) is 2.59. The van der Waals surface area contributed by atoms with E-state index in [1.165, 1.54) is 12.3 Å². The number of carbonyl (C=O) groups is 2. The van der Waals surface area contributed by atoms with Crippen LogP contribution in [0.3, 0.4) is 0 Å². The van der Waals surface area contributed by atoms with Crippen LogP contribution in [0.5, 0.6) is 0 Å². The van der Waals surface area contributed by atoms with Crippen LogP contribution >= 0.6 is 0 Å². The van der Waals surface area contributed by atoms with Gasteiger partial charge in [-0.1, -0.05) is 24.6 Å². The maximum Gasteiger partial charge on any atom is 0.254 e. The van der Waals surface area contributed by atoms with Crippen LogP contribution < -0.4 is 16.4 Å². The van der Waals surface area contributed by atoms with E-state index in [1.807, 2.05) is 23.0 Å². The molecule has 3 heterocycles. The van der Waals surface area contributed by atoms with E-state index in [4.69, 9.17) is 12.2 Å². The average Bonchev–Trinajstić information content (AvgIpc) is 3.32. The Hall–Kier alpha value is -4.65. The predicted molar refractivity (Wildman–Crippen MR) is 129 cm³/mol. The summed E-state index contributed by atoms with van der Waals surface area (Å²) in [5, 5.41) is 10.6. The van der Waals surface area contributed by atoms with Crippen molar-refractivity contribution in [1.82, 2.24) is 24.6 Å². The molecule has 0 spiro atoms. The summed E-state index contributed by atoms with van der Waals surface area (Å²) in [6.07, 6.45) is 13.5. The van der Waals surface area contributed by atoms with Gasteiger partial charge in [-0.25, -0.2) is 4.98 Å². The smallest absolute Gasteiger partial charge is 0.254 e. The zero-order valence-electron chi connectivity index (χ0n) is 18.4. The maximum atomic E-state index is 12.0. The molecule has 3 aromatic rings. The molecule has 10 heteroatoms. The van der Waals surface area contributed by atoms with Crippen LogP contribution in [0.1, 0.15) is 34.8 Å². The number of benzene rings is 1. The van der Waals surface area contributed by atoms with Crippen LogP contribution in [0.4, 0.5) is 23.1 Å². The first-order valence-electron chi connectivity index (χ1n) is 10.7. The number of rotatable bonds is 7. The van der Waals surface area contributed by atoms with Gasteiger partial charge in [-0.05, 0) is 31.1 Å². The fraction of sp³-hybridized carbons (Fsp3) is 0.208. The van der Waals surface area contributed by atoms with E-state index in [-0.39, 0.29) is 29.3 Å². The van der Waals surface area contributed by atoms with Crippen molar-refractivity contribution in [3.05, 3.63) is 66.6 Å². The number of amides is 2. The van der Waals surface area contributed by atoms with Gasteiger partial charge in [-0.3, -0.25) is 14.3 Å². The van der Waals surface area contributed by atoms with Crippen LogP contribution in [0.25, 0.3) is 0 Å². The minimum Gasteiger partial charge on any atom is -0.365 e. The van der Waals surface area contributed by atoms with Crippen LogP contribution in [0.15, 0.2) is 55.5 Å². The molecule has 0 radical (unpaired) electrons. The summed E-state index contributed by atoms with van der Waals surface area (Å²) in [5.41, 5.74) is 7.52. The SMILES string of the molecule is C#Cc1ccccc1Nc1nc(Nc2cnn(C3CCCN(C(=O)C=C)C3)c2)ncc1C(N)=O. The van der Waals surface area contributed by atoms with Gasteiger partial charge in [0.2, 0.25) is 11.9 Å². The van der Waals surface area contributed by atoms with E-state index in [2.05, 4.69) is 38.2 Å². The summed E-state index contributed by atoms with van der Waals surface area (Å²) in [6.45, 7) is 4.85. The highest BCUT2D eigenvalue weighted by Gasteiger charge is 2.24. The van der Waals surface area contributed by atoms with Gasteiger partial charge in [-0.15, -0.1) is 6.42 Å². The molecule has 1 unspecified atom stereocenters. The molecule has 172 valence electrons. The van der Waals surface area contributed by atoms with Gasteiger partial charge in [0, 0.05) is 31.0 Å². The number of hydrogen-bond donors (Lipinski definition) is 3. The molecule has 2 aromatic heterocycles. The third-order valence-electron chi connectivity index (χ3n) is 5.50. The van der Waals surface area contributed by atoms with E-state index < -0.39 is 5.91 Å². The van der Waals surface area contributed by atoms with Crippen molar-refractivity contribution in [3.63, 3.8) is 0 Å². The van der Waals surface area contributed by atoms with Crippen LogP contribution in [0, 0.1) is 12.3 Å². The Balaban J connectivity index is 1.53. The fourth-order valence-electron chi connectivity index (χ4n) is 3.79. The number of hydrogen-bond acceptors (Lipinski definition) is 7. The standard InChI is InChI=1S/C24H24N8O2/c1-3-16-8-5-6-10-20(16)29-23-19(22(25)34)13-26-24(30-23)28-17-12-27-32(14-17)18-9-7-11-31(15-18)21(33)4-2/h1,4-6,8,10,12-14,18H,2,7,9,11,15H2,(H2,25,34)(H2,26,28,29,30). The number of primary amides is 1. The molecule has 10 nitrogen and oxygen atoms in total. The molecule has 4 rings (SSSR count). The molecule has 1 aliphatic rings. The summed E-state index contributed by atoms with van der Waals surface area (Å²) in [6, 6.07) is 7.25. The molecule has 2 amide bonds. The lowest BCUT2D eigenvalue weighted by atomic mass is 10.1. The van der Waals surface area contributed by atoms with Crippen molar-refractivity contribution in [2.45, 2.75) is 18.9 Å². The molecular weight excluding hydrogens is 432 g/mol. The lowest BCUT2D eigenvalue weighted by Crippen LogP contribution is -2.39. The van der Waals surface area contributed by atoms with Gasteiger partial charge >= 0.3 is 0 Å². The fourth-order valence-corrected chi connectivity index (χ4v) is 3.79. The number of likely N-dealkylation sites (tertiary alicyclic amines) is 1. The number of carbonyl (C=O) groups excluding carboxylic acids is 2. The molecule has 1 atom stereocenters. The molecular formula is C24H24N8O2. The van der Waals surface area contributed by atoms with E-state index >= 15 is 0 Å². The molecule has 0 aliphatic carbocycles. The number of terminal acetylenes is 1. The van der Waals surface area contributed by atoms with Crippen LogP contribution in [0.2, 0.25) is 0 Å². The van der Waals surface area contributed by atoms with Gasteiger partial charge in [-0.2, -0.15) is 10.1 Å². The van der Waals surface area contributed by atoms with Crippen molar-refractivity contribution in [1.29, 1.82) is 0 Å². The van der Waals surface area contributed by atoms with E-state index in [0.717, 1.165) is 12.8 Å². The highest BCUT2D eigenvalue weighted by molar-refractivity contribution is 5.98. The highest BCUT2D eigenvalue weighted by Crippen LogP contribution is 2.25. The molecule has 34 heavy (non-hydrogen) atoms. The van der Waals surface area contributed by atoms with Crippen molar-refractivity contribution in [2.24, 2.45) is 5.73 Å². The molecule has 1 saturated heterocycles. The summed E-state index contributed by atoms with van der Waals surface area (Å²) < 4.78 is 1.82. The number of anilines is 4. The number of para-hydroxylation sites is 1. The molecule has 1 fully saturated rings. The quantitative estimate of drug-likeness (QED) is 0.368. The van der Waals surface area contributed by atoms with Crippen molar-refractivity contribution in [2.75, 3.05) is 23.7 Å². The molecule has 0 saturated carbocycles. The third kappa shape index (κ3) is 4.88. The topological polar surface area (TPSA) is 131 Å². The van der Waals surface area contributed by atoms with E-state index in [0.29, 0.717) is 30.0 Å². The first-order valence-corrected chi connectivity index (χ1v) is 10.7. The Morgan fingerprint density at radius 1 is 1.26 bits per heavy atom. The number of aromatic nitrogens is 4. The first-order chi connectivity index (χ1) is 16.5. The van der Waals surface area contributed by atoms with Gasteiger partial charge in [0.15, 0.2) is 0 Å². The third-order valence-corrected chi connectivity index (χ3v) is 5.50. The zero-order valence-corrected chi connectivity index (χ0v) is 18.4. The number of nitrogens with one attached hydrogen (secondary N) is 2. The Morgan fingerprint density at radius 2 is 2.09 bits per heavy atom. The molecule has 1 aliphatic heterocycles. The molecule has 4 N–H and O–H groups in total. The molecule has 0 bridgehead atoms. The van der Waals surface area contributed by atoms with Crippen LogP contribution in [-0.4, -0.2) is 49.6 Å². The van der Waals surface area contributed by atoms with Crippen molar-refractivity contribution >= 4 is 35.0 Å². The molecule has 1 aromatic carbocycles. The summed E-state index contributed by atoms with van der Waals surface area (Å²) in [4.78, 5) is 34.3. The lowest BCUT2D eigenvalue weighted by Gasteiger charge is -2.32. The van der Waals surface area contributed by atoms with Gasteiger partial charge in [0.1, 0.15) is 11.4 Å². The largest absolute Gasteiger partial charge is 0.365 e.